The number of nitrogens with two attached hydrogens (primary N) is 1. The smallest absolute Gasteiger partial charge is 0.264 e. The lowest BCUT2D eigenvalue weighted by molar-refractivity contribution is 0.0795. The first-order valence-electron chi connectivity index (χ1n) is 8.97. The number of rotatable bonds is 2. The highest BCUT2D eigenvalue weighted by Gasteiger charge is 2.27. The van der Waals surface area contributed by atoms with Crippen molar-refractivity contribution in [2.24, 2.45) is 5.73 Å². The van der Waals surface area contributed by atoms with Gasteiger partial charge in [0, 0.05) is 37.1 Å². The summed E-state index contributed by atoms with van der Waals surface area (Å²) in [4.78, 5) is 19.1. The van der Waals surface area contributed by atoms with Gasteiger partial charge in [0.15, 0.2) is 0 Å². The lowest BCUT2D eigenvalue weighted by Crippen LogP contribution is -2.31. The predicted molar refractivity (Wildman–Crippen MR) is 103 cm³/mol. The SMILES string of the molecule is Cc1cc(-c2ccc3c(c2)CCN(C)C3)sc1C(=O)N1CC[C@H](N)C1. The van der Waals surface area contributed by atoms with Crippen molar-refractivity contribution in [2.45, 2.75) is 32.4 Å². The normalized spacial score (nSPS) is 20.8. The molecule has 1 aromatic carbocycles. The van der Waals surface area contributed by atoms with E-state index in [1.165, 1.54) is 21.6 Å². The number of likely N-dealkylation sites (tertiary alicyclic amines) is 1. The molecule has 4 rings (SSSR count). The third-order valence-corrected chi connectivity index (χ3v) is 6.59. The van der Waals surface area contributed by atoms with E-state index in [9.17, 15) is 4.79 Å². The first-order chi connectivity index (χ1) is 12.0. The van der Waals surface area contributed by atoms with Gasteiger partial charge in [0.25, 0.3) is 5.91 Å². The number of hydrogen-bond acceptors (Lipinski definition) is 4. The van der Waals surface area contributed by atoms with E-state index >= 15 is 0 Å². The first kappa shape index (κ1) is 16.8. The zero-order valence-corrected chi connectivity index (χ0v) is 15.7. The number of likely N-dealkylation sites (N-methyl/N-ethyl adjacent to an activating group) is 1. The van der Waals surface area contributed by atoms with Crippen LogP contribution in [0.15, 0.2) is 24.3 Å². The quantitative estimate of drug-likeness (QED) is 0.901. The van der Waals surface area contributed by atoms with Crippen LogP contribution in [0.5, 0.6) is 0 Å². The van der Waals surface area contributed by atoms with Crippen LogP contribution in [-0.2, 0) is 13.0 Å². The van der Waals surface area contributed by atoms with Crippen molar-refractivity contribution in [1.29, 1.82) is 0 Å². The molecule has 0 spiro atoms. The molecule has 5 heteroatoms. The van der Waals surface area contributed by atoms with Gasteiger partial charge in [-0.1, -0.05) is 12.1 Å². The third-order valence-electron chi connectivity index (χ3n) is 5.32. The molecule has 2 aliphatic heterocycles. The number of nitrogens with zero attached hydrogens (tertiary/aromatic N) is 2. The van der Waals surface area contributed by atoms with Crippen LogP contribution in [0.1, 0.15) is 32.8 Å². The van der Waals surface area contributed by atoms with Crippen LogP contribution in [0.4, 0.5) is 0 Å². The van der Waals surface area contributed by atoms with Crippen molar-refractivity contribution in [3.63, 3.8) is 0 Å². The zero-order valence-electron chi connectivity index (χ0n) is 14.9. The van der Waals surface area contributed by atoms with Gasteiger partial charge in [-0.2, -0.15) is 0 Å². The Morgan fingerprint density at radius 1 is 1.24 bits per heavy atom. The fourth-order valence-corrected chi connectivity index (χ4v) is 4.94. The molecule has 1 saturated heterocycles. The summed E-state index contributed by atoms with van der Waals surface area (Å²) >= 11 is 1.62. The van der Waals surface area contributed by atoms with Crippen molar-refractivity contribution in [3.05, 3.63) is 45.8 Å². The molecule has 0 unspecified atom stereocenters. The number of hydrogen-bond donors (Lipinski definition) is 1. The summed E-state index contributed by atoms with van der Waals surface area (Å²) in [5.41, 5.74) is 11.1. The maximum Gasteiger partial charge on any atom is 0.264 e. The minimum absolute atomic E-state index is 0.127. The van der Waals surface area contributed by atoms with E-state index in [-0.39, 0.29) is 11.9 Å². The summed E-state index contributed by atoms with van der Waals surface area (Å²) in [5, 5.41) is 0. The summed E-state index contributed by atoms with van der Waals surface area (Å²) in [6.07, 6.45) is 2.00. The number of thiophene rings is 1. The Balaban J connectivity index is 1.61. The van der Waals surface area contributed by atoms with Crippen LogP contribution >= 0.6 is 11.3 Å². The van der Waals surface area contributed by atoms with Crippen molar-refractivity contribution < 1.29 is 4.79 Å². The fraction of sp³-hybridized carbons (Fsp3) is 0.450. The van der Waals surface area contributed by atoms with Gasteiger partial charge >= 0.3 is 0 Å². The molecule has 25 heavy (non-hydrogen) atoms. The average molecular weight is 356 g/mol. The summed E-state index contributed by atoms with van der Waals surface area (Å²) in [5.74, 6) is 0.140. The Hall–Kier alpha value is -1.69. The monoisotopic (exact) mass is 355 g/mol. The molecule has 0 radical (unpaired) electrons. The molecule has 2 aromatic rings. The van der Waals surface area contributed by atoms with E-state index < -0.39 is 0 Å². The summed E-state index contributed by atoms with van der Waals surface area (Å²) in [6.45, 7) is 5.63. The molecule has 1 amide bonds. The highest BCUT2D eigenvalue weighted by atomic mass is 32.1. The van der Waals surface area contributed by atoms with Crippen LogP contribution in [-0.4, -0.2) is 48.4 Å². The summed E-state index contributed by atoms with van der Waals surface area (Å²) in [6, 6.07) is 9.04. The minimum Gasteiger partial charge on any atom is -0.336 e. The predicted octanol–water partition coefficient (Wildman–Crippen LogP) is 2.88. The van der Waals surface area contributed by atoms with E-state index in [1.807, 2.05) is 11.8 Å². The molecule has 3 heterocycles. The molecule has 2 aliphatic rings. The van der Waals surface area contributed by atoms with Crippen LogP contribution in [0, 0.1) is 6.92 Å². The number of aryl methyl sites for hydroxylation is 1. The largest absolute Gasteiger partial charge is 0.336 e. The van der Waals surface area contributed by atoms with Gasteiger partial charge in [-0.05, 0) is 61.2 Å². The molecule has 2 N–H and O–H groups in total. The van der Waals surface area contributed by atoms with Crippen molar-refractivity contribution in [1.82, 2.24) is 9.80 Å². The Labute approximate surface area is 153 Å². The van der Waals surface area contributed by atoms with Gasteiger partial charge in [-0.3, -0.25) is 4.79 Å². The molecule has 4 nitrogen and oxygen atoms in total. The second-order valence-electron chi connectivity index (χ2n) is 7.39. The highest BCUT2D eigenvalue weighted by Crippen LogP contribution is 2.34. The van der Waals surface area contributed by atoms with Gasteiger partial charge in [-0.15, -0.1) is 11.3 Å². The molecule has 0 saturated carbocycles. The molecule has 132 valence electrons. The number of carbonyl (C=O) groups is 1. The Bertz CT molecular complexity index is 813. The van der Waals surface area contributed by atoms with Gasteiger partial charge in [0.2, 0.25) is 0 Å². The molecule has 1 atom stereocenters. The molecule has 1 aromatic heterocycles. The number of benzene rings is 1. The van der Waals surface area contributed by atoms with E-state index in [0.29, 0.717) is 6.54 Å². The maximum absolute atomic E-state index is 12.8. The van der Waals surface area contributed by atoms with Gasteiger partial charge in [0.1, 0.15) is 0 Å². The summed E-state index contributed by atoms with van der Waals surface area (Å²) in [7, 11) is 2.17. The van der Waals surface area contributed by atoms with Crippen LogP contribution in [0.2, 0.25) is 0 Å². The molecule has 0 aliphatic carbocycles. The molecular formula is C20H25N3OS. The third kappa shape index (κ3) is 3.24. The van der Waals surface area contributed by atoms with E-state index in [0.717, 1.165) is 42.9 Å². The van der Waals surface area contributed by atoms with Crippen LogP contribution in [0.3, 0.4) is 0 Å². The van der Waals surface area contributed by atoms with Gasteiger partial charge < -0.3 is 15.5 Å². The first-order valence-corrected chi connectivity index (χ1v) is 9.79. The van der Waals surface area contributed by atoms with Gasteiger partial charge in [-0.25, -0.2) is 0 Å². The number of carbonyl (C=O) groups excluding carboxylic acids is 1. The van der Waals surface area contributed by atoms with Crippen molar-refractivity contribution in [2.75, 3.05) is 26.7 Å². The molecule has 0 bridgehead atoms. The second kappa shape index (κ2) is 6.56. The minimum atomic E-state index is 0.127. The Morgan fingerprint density at radius 3 is 2.84 bits per heavy atom. The lowest BCUT2D eigenvalue weighted by atomic mass is 9.97. The van der Waals surface area contributed by atoms with Crippen molar-refractivity contribution in [3.8, 4) is 10.4 Å². The van der Waals surface area contributed by atoms with Crippen LogP contribution in [0.25, 0.3) is 10.4 Å². The van der Waals surface area contributed by atoms with E-state index in [1.54, 1.807) is 11.3 Å². The second-order valence-corrected chi connectivity index (χ2v) is 8.45. The zero-order chi connectivity index (χ0) is 17.6. The van der Waals surface area contributed by atoms with E-state index in [4.69, 9.17) is 5.73 Å². The summed E-state index contributed by atoms with van der Waals surface area (Å²) < 4.78 is 0. The number of fused-ring (bicyclic) bond motifs is 1. The lowest BCUT2D eigenvalue weighted by Gasteiger charge is -2.25. The van der Waals surface area contributed by atoms with Crippen molar-refractivity contribution >= 4 is 17.2 Å². The average Bonchev–Trinajstić information content (AvgIpc) is 3.20. The highest BCUT2D eigenvalue weighted by molar-refractivity contribution is 7.17. The molecular weight excluding hydrogens is 330 g/mol. The Kier molecular flexibility index (Phi) is 4.40. The number of amides is 1. The van der Waals surface area contributed by atoms with E-state index in [2.05, 4.69) is 36.2 Å². The topological polar surface area (TPSA) is 49.6 Å². The van der Waals surface area contributed by atoms with Gasteiger partial charge in [0.05, 0.1) is 4.88 Å². The van der Waals surface area contributed by atoms with Crippen LogP contribution < -0.4 is 5.73 Å². The fourth-order valence-electron chi connectivity index (χ4n) is 3.80. The molecule has 1 fully saturated rings. The Morgan fingerprint density at radius 2 is 2.08 bits per heavy atom. The standard InChI is InChI=1S/C20H25N3OS/c1-13-9-18(25-19(13)20(24)23-8-6-17(21)12-23)15-3-4-16-11-22(2)7-5-14(16)10-15/h3-4,9-10,17H,5-8,11-12,21H2,1-2H3/t17-/m0/s1. The maximum atomic E-state index is 12.8.